The van der Waals surface area contributed by atoms with Crippen LogP contribution in [0, 0.1) is 6.92 Å². The molecule has 2 N–H and O–H groups in total. The molecule has 4 aliphatic heterocycles. The number of aryl methyl sites for hydroxylation is 1. The van der Waals surface area contributed by atoms with E-state index in [9.17, 15) is 28.8 Å². The molecule has 17 nitrogen and oxygen atoms in total. The van der Waals surface area contributed by atoms with E-state index in [1.807, 2.05) is 42.2 Å². The standard InChI is InChI=1S/C42H54N6O11/c1-4-55-25-36(49)56-27(3)57-39(51)33-10-7-16-47(33)30-12-17-45(18-13-30)38(50)35(24-28-22-26(2)37-34(23-28)58-41(53)44-37)59-42(54)46-19-14-31(15-20-46)48-21-11-29-8-5-6-9-32(29)43-40(48)52/h5-6,8-9,22-23,27,30-31,33,35H,4,7,10-21,24-25H2,1-3H3,(H,43,52)(H,44,53)/t27?,33-,35-/m1/s1. The molecule has 3 atom stereocenters. The SMILES string of the molecule is CCOCC(=O)OC(C)OC(=O)[C@H]1CCCN1C1CCN(C(=O)[C@@H](Cc2cc(C)c3[nH]c(=O)oc3c2)OC(=O)N2CCC(N3CCc4ccccc4NC3=O)CC2)CC1. The number of oxazole rings is 1. The maximum Gasteiger partial charge on any atom is 0.417 e. The van der Waals surface area contributed by atoms with Gasteiger partial charge in [-0.3, -0.25) is 19.5 Å². The normalized spacial score (nSPS) is 20.4. The number of esters is 2. The summed E-state index contributed by atoms with van der Waals surface area (Å²) in [6.07, 6.45) is 1.71. The zero-order valence-electron chi connectivity index (χ0n) is 33.9. The summed E-state index contributed by atoms with van der Waals surface area (Å²) < 4.78 is 27.1. The van der Waals surface area contributed by atoms with Crippen LogP contribution >= 0.6 is 0 Å². The third kappa shape index (κ3) is 9.90. The maximum atomic E-state index is 14.3. The predicted octanol–water partition coefficient (Wildman–Crippen LogP) is 3.96. The van der Waals surface area contributed by atoms with Crippen LogP contribution < -0.4 is 11.1 Å². The summed E-state index contributed by atoms with van der Waals surface area (Å²) in [4.78, 5) is 88.4. The van der Waals surface area contributed by atoms with E-state index >= 15 is 0 Å². The number of aromatic nitrogens is 1. The van der Waals surface area contributed by atoms with Gasteiger partial charge in [-0.25, -0.2) is 19.2 Å². The first-order chi connectivity index (χ1) is 28.5. The molecule has 0 spiro atoms. The van der Waals surface area contributed by atoms with Crippen molar-refractivity contribution < 1.29 is 47.3 Å². The summed E-state index contributed by atoms with van der Waals surface area (Å²) >= 11 is 0. The van der Waals surface area contributed by atoms with E-state index in [-0.39, 0.29) is 37.0 Å². The Kier molecular flexibility index (Phi) is 13.2. The second-order valence-corrected chi connectivity index (χ2v) is 15.7. The number of carbonyl (C=O) groups is 5. The maximum absolute atomic E-state index is 14.3. The summed E-state index contributed by atoms with van der Waals surface area (Å²) in [5.41, 5.74) is 4.24. The van der Waals surface area contributed by atoms with E-state index < -0.39 is 42.2 Å². The van der Waals surface area contributed by atoms with Crippen LogP contribution in [0.2, 0.25) is 0 Å². The average Bonchev–Trinajstić information content (AvgIpc) is 3.83. The molecule has 0 radical (unpaired) electrons. The minimum Gasteiger partial charge on any atom is -0.436 e. The molecule has 17 heteroatoms. The van der Waals surface area contributed by atoms with Crippen LogP contribution in [-0.2, 0) is 46.2 Å². The first kappa shape index (κ1) is 41.7. The topological polar surface area (TPSA) is 193 Å². The number of anilines is 1. The lowest BCUT2D eigenvalue weighted by molar-refractivity contribution is -0.190. The quantitative estimate of drug-likeness (QED) is 0.198. The summed E-state index contributed by atoms with van der Waals surface area (Å²) in [5.74, 6) is -1.99. The smallest absolute Gasteiger partial charge is 0.417 e. The number of carbonyl (C=O) groups excluding carboxylic acids is 5. The monoisotopic (exact) mass is 818 g/mol. The Bertz CT molecular complexity index is 2070. The molecule has 318 valence electrons. The Morgan fingerprint density at radius 2 is 1.61 bits per heavy atom. The van der Waals surface area contributed by atoms with Crippen LogP contribution in [0.4, 0.5) is 15.3 Å². The number of hydrogen-bond acceptors (Lipinski definition) is 12. The van der Waals surface area contributed by atoms with Crippen LogP contribution in [0.5, 0.6) is 0 Å². The van der Waals surface area contributed by atoms with Gasteiger partial charge in [0.2, 0.25) is 6.29 Å². The van der Waals surface area contributed by atoms with E-state index in [1.165, 1.54) is 6.92 Å². The molecule has 0 aliphatic carbocycles. The number of aromatic amines is 1. The lowest BCUT2D eigenvalue weighted by atomic mass is 9.99. The number of urea groups is 1. The lowest BCUT2D eigenvalue weighted by Gasteiger charge is -2.40. The second kappa shape index (κ2) is 18.7. The summed E-state index contributed by atoms with van der Waals surface area (Å²) in [5, 5.41) is 3.03. The number of piperidine rings is 2. The zero-order chi connectivity index (χ0) is 41.6. The molecule has 2 aromatic carbocycles. The molecule has 5 heterocycles. The Labute approximate surface area is 342 Å². The fourth-order valence-corrected chi connectivity index (χ4v) is 8.87. The number of para-hydroxylation sites is 1. The highest BCUT2D eigenvalue weighted by atomic mass is 16.7. The Morgan fingerprint density at radius 3 is 2.37 bits per heavy atom. The number of likely N-dealkylation sites (tertiary alicyclic amines) is 3. The molecule has 59 heavy (non-hydrogen) atoms. The van der Waals surface area contributed by atoms with Crippen LogP contribution in [-0.4, -0.2) is 138 Å². The van der Waals surface area contributed by atoms with Crippen molar-refractivity contribution in [3.63, 3.8) is 0 Å². The van der Waals surface area contributed by atoms with Crippen molar-refractivity contribution in [3.8, 4) is 0 Å². The van der Waals surface area contributed by atoms with Crippen molar-refractivity contribution in [3.05, 3.63) is 63.6 Å². The summed E-state index contributed by atoms with van der Waals surface area (Å²) in [6, 6.07) is 10.6. The van der Waals surface area contributed by atoms with Crippen LogP contribution in [0.1, 0.15) is 69.1 Å². The average molecular weight is 819 g/mol. The van der Waals surface area contributed by atoms with Gasteiger partial charge in [0.1, 0.15) is 12.6 Å². The van der Waals surface area contributed by atoms with Gasteiger partial charge in [0, 0.05) is 70.4 Å². The second-order valence-electron chi connectivity index (χ2n) is 15.7. The van der Waals surface area contributed by atoms with E-state index in [1.54, 1.807) is 22.8 Å². The summed E-state index contributed by atoms with van der Waals surface area (Å²) in [6.45, 7) is 8.00. The van der Waals surface area contributed by atoms with Gasteiger partial charge >= 0.3 is 29.8 Å². The largest absolute Gasteiger partial charge is 0.436 e. The molecule has 0 saturated carbocycles. The lowest BCUT2D eigenvalue weighted by Crippen LogP contribution is -2.53. The minimum absolute atomic E-state index is 0.0132. The molecule has 1 unspecified atom stereocenters. The van der Waals surface area contributed by atoms with Crippen molar-refractivity contribution in [2.24, 2.45) is 0 Å². The van der Waals surface area contributed by atoms with Gasteiger partial charge < -0.3 is 43.4 Å². The molecule has 1 aromatic heterocycles. The molecule has 4 amide bonds. The van der Waals surface area contributed by atoms with E-state index in [4.69, 9.17) is 23.4 Å². The molecule has 3 fully saturated rings. The fourth-order valence-electron chi connectivity index (χ4n) is 8.87. The Morgan fingerprint density at radius 1 is 0.881 bits per heavy atom. The fraction of sp³-hybridized carbons (Fsp3) is 0.571. The van der Waals surface area contributed by atoms with Gasteiger partial charge in [-0.1, -0.05) is 24.3 Å². The number of fused-ring (bicyclic) bond motifs is 2. The van der Waals surface area contributed by atoms with E-state index in [0.717, 1.165) is 29.7 Å². The van der Waals surface area contributed by atoms with Gasteiger partial charge in [-0.05, 0) is 94.2 Å². The van der Waals surface area contributed by atoms with Crippen molar-refractivity contribution in [2.75, 3.05) is 57.8 Å². The zero-order valence-corrected chi connectivity index (χ0v) is 33.9. The van der Waals surface area contributed by atoms with Gasteiger partial charge in [-0.15, -0.1) is 0 Å². The molecular weight excluding hydrogens is 764 g/mol. The van der Waals surface area contributed by atoms with Gasteiger partial charge in [0.15, 0.2) is 11.7 Å². The van der Waals surface area contributed by atoms with Crippen molar-refractivity contribution in [1.29, 1.82) is 0 Å². The number of rotatable bonds is 12. The highest BCUT2D eigenvalue weighted by molar-refractivity contribution is 5.91. The molecule has 3 saturated heterocycles. The Balaban J connectivity index is 0.977. The number of amides is 4. The number of benzene rings is 2. The van der Waals surface area contributed by atoms with E-state index in [0.29, 0.717) is 94.6 Å². The highest BCUT2D eigenvalue weighted by Crippen LogP contribution is 2.29. The molecule has 4 aliphatic rings. The minimum atomic E-state index is -1.16. The van der Waals surface area contributed by atoms with Crippen molar-refractivity contribution in [2.45, 2.75) is 103 Å². The Hall–Kier alpha value is -5.42. The van der Waals surface area contributed by atoms with Gasteiger partial charge in [0.25, 0.3) is 5.91 Å². The number of ether oxygens (including phenoxy) is 4. The third-order valence-electron chi connectivity index (χ3n) is 11.8. The summed E-state index contributed by atoms with van der Waals surface area (Å²) in [7, 11) is 0. The number of hydrogen-bond donors (Lipinski definition) is 2. The number of nitrogens with zero attached hydrogens (tertiary/aromatic N) is 4. The first-order valence-corrected chi connectivity index (χ1v) is 20.7. The number of H-pyrrole nitrogens is 1. The van der Waals surface area contributed by atoms with Crippen LogP contribution in [0.15, 0.2) is 45.6 Å². The van der Waals surface area contributed by atoms with Crippen molar-refractivity contribution in [1.82, 2.24) is 24.6 Å². The van der Waals surface area contributed by atoms with E-state index in [2.05, 4.69) is 15.2 Å². The molecule has 0 bridgehead atoms. The molecule has 3 aromatic rings. The van der Waals surface area contributed by atoms with Gasteiger partial charge in [-0.2, -0.15) is 0 Å². The van der Waals surface area contributed by atoms with Gasteiger partial charge in [0.05, 0.1) is 5.52 Å². The third-order valence-corrected chi connectivity index (χ3v) is 11.8. The van der Waals surface area contributed by atoms with Crippen LogP contribution in [0.3, 0.4) is 0 Å². The van der Waals surface area contributed by atoms with Crippen molar-refractivity contribution >= 4 is 46.8 Å². The highest BCUT2D eigenvalue weighted by Gasteiger charge is 2.41. The number of nitrogens with one attached hydrogen (secondary N) is 2. The first-order valence-electron chi connectivity index (χ1n) is 20.7. The van der Waals surface area contributed by atoms with Crippen LogP contribution in [0.25, 0.3) is 11.1 Å². The predicted molar refractivity (Wildman–Crippen MR) is 213 cm³/mol. The molecule has 7 rings (SSSR count). The molecular formula is C42H54N6O11.